The Balaban J connectivity index is 1.30. The van der Waals surface area contributed by atoms with Crippen LogP contribution in [-0.4, -0.2) is 103 Å². The third kappa shape index (κ3) is 4.94. The number of aliphatic hydroxyl groups is 1. The smallest absolute Gasteiger partial charge is 0.318 e. The molecule has 10 rings (SSSR count). The summed E-state index contributed by atoms with van der Waals surface area (Å²) < 4.78 is 17.5. The Labute approximate surface area is 321 Å². The molecule has 55 heavy (non-hydrogen) atoms. The van der Waals surface area contributed by atoms with Crippen molar-refractivity contribution in [1.29, 1.82) is 0 Å². The average Bonchev–Trinajstić information content (AvgIpc) is 3.54. The van der Waals surface area contributed by atoms with E-state index in [2.05, 4.69) is 50.1 Å². The Bertz CT molecular complexity index is 2270. The predicted molar refractivity (Wildman–Crippen MR) is 208 cm³/mol. The zero-order valence-corrected chi connectivity index (χ0v) is 32.7. The maximum absolute atomic E-state index is 14.3. The molecule has 0 amide bonds. The van der Waals surface area contributed by atoms with Gasteiger partial charge in [-0.1, -0.05) is 29.8 Å². The molecule has 3 N–H and O–H groups in total. The summed E-state index contributed by atoms with van der Waals surface area (Å²) in [7, 11) is 6.61. The van der Waals surface area contributed by atoms with Crippen LogP contribution in [-0.2, 0) is 42.2 Å². The van der Waals surface area contributed by atoms with Gasteiger partial charge in [-0.2, -0.15) is 0 Å². The molecular formula is C44H52N4O7. The van der Waals surface area contributed by atoms with Gasteiger partial charge in [0.05, 0.1) is 27.9 Å². The summed E-state index contributed by atoms with van der Waals surface area (Å²) in [6.45, 7) is 6.14. The fraction of sp³-hybridized carbons (Fsp3) is 0.523. The minimum atomic E-state index is -1.20. The second kappa shape index (κ2) is 13.1. The quantitative estimate of drug-likeness (QED) is 0.179. The van der Waals surface area contributed by atoms with Crippen LogP contribution in [0.4, 0.5) is 0 Å². The first kappa shape index (κ1) is 36.2. The number of para-hydroxylation sites is 1. The highest BCUT2D eigenvalue weighted by Gasteiger charge is 2.62. The molecule has 4 fully saturated rings. The number of likely N-dealkylation sites (tertiary alicyclic amines) is 1. The van der Waals surface area contributed by atoms with Gasteiger partial charge in [0.2, 0.25) is 0 Å². The van der Waals surface area contributed by atoms with Crippen molar-refractivity contribution in [2.75, 3.05) is 54.6 Å². The zero-order valence-electron chi connectivity index (χ0n) is 32.7. The summed E-state index contributed by atoms with van der Waals surface area (Å²) in [6, 6.07) is 12.3. The van der Waals surface area contributed by atoms with E-state index in [0.29, 0.717) is 44.6 Å². The number of allylic oxidation sites excluding steroid dienone is 1. The summed E-state index contributed by atoms with van der Waals surface area (Å²) in [5.74, 6) is -0.656. The van der Waals surface area contributed by atoms with Gasteiger partial charge in [-0.05, 0) is 75.8 Å². The zero-order chi connectivity index (χ0) is 38.6. The molecule has 2 aromatic carbocycles. The first-order chi connectivity index (χ1) is 26.5. The van der Waals surface area contributed by atoms with Gasteiger partial charge in [0.25, 0.3) is 0 Å². The van der Waals surface area contributed by atoms with Crippen molar-refractivity contribution in [1.82, 2.24) is 19.8 Å². The largest absolute Gasteiger partial charge is 0.496 e. The van der Waals surface area contributed by atoms with Crippen molar-refractivity contribution in [3.8, 4) is 5.75 Å². The van der Waals surface area contributed by atoms with Gasteiger partial charge in [0.15, 0.2) is 0 Å². The SMILES string of the molecule is CC=C1CN(C)C2Cc3c([nH]c4ccccc34)C(c3cc4c5c([nH]c4cc3OC)C3(C(=O)OC)CC4CC(C(C)=O)C3CN(C5)C4)CC1C2(CO)C(=O)OC. The van der Waals surface area contributed by atoms with Crippen LogP contribution in [0.25, 0.3) is 21.8 Å². The molecule has 6 bridgehead atoms. The van der Waals surface area contributed by atoms with Crippen molar-refractivity contribution in [3.05, 3.63) is 76.1 Å². The standard InChI is InChI=1S/C44H52N4O7/c1-7-25-19-47(3)38-15-31-26-10-8-9-11-35(26)45-39(31)30(14-33(25)44(38,22-49)42(52)55-6)29-13-28-32-20-48-18-24-12-27(23(2)50)34(21-48)43(17-24,41(51)54-5)40(32)46-36(28)16-37(29)53-4/h7-11,13,16,24,27,30,33-34,38,45-46,49H,12,14-15,17-22H2,1-6H3. The van der Waals surface area contributed by atoms with E-state index >= 15 is 0 Å². The number of Topliss-reactive ketones (excluding diaryl/α,β-unsaturated/α-hetero) is 1. The van der Waals surface area contributed by atoms with Crippen LogP contribution in [0.1, 0.15) is 67.1 Å². The molecule has 0 radical (unpaired) electrons. The van der Waals surface area contributed by atoms with E-state index in [1.165, 1.54) is 14.2 Å². The second-order valence-electron chi connectivity index (χ2n) is 17.0. The number of nitrogens with zero attached hydrogens (tertiary/aromatic N) is 2. The highest BCUT2D eigenvalue weighted by molar-refractivity contribution is 5.94. The van der Waals surface area contributed by atoms with E-state index in [4.69, 9.17) is 14.2 Å². The monoisotopic (exact) mass is 748 g/mol. The van der Waals surface area contributed by atoms with E-state index in [1.54, 1.807) is 14.0 Å². The van der Waals surface area contributed by atoms with E-state index in [9.17, 15) is 19.5 Å². The van der Waals surface area contributed by atoms with E-state index in [-0.39, 0.29) is 54.0 Å². The molecule has 6 aliphatic rings. The molecule has 2 aliphatic carbocycles. The highest BCUT2D eigenvalue weighted by Crippen LogP contribution is 2.58. The number of aromatic amines is 2. The van der Waals surface area contributed by atoms with Gasteiger partial charge in [0.1, 0.15) is 22.4 Å². The van der Waals surface area contributed by atoms with Crippen molar-refractivity contribution < 1.29 is 33.7 Å². The summed E-state index contributed by atoms with van der Waals surface area (Å²) >= 11 is 0. The van der Waals surface area contributed by atoms with Crippen LogP contribution in [0.2, 0.25) is 0 Å². The summed E-state index contributed by atoms with van der Waals surface area (Å²) in [5.41, 5.74) is 5.88. The molecule has 11 nitrogen and oxygen atoms in total. The van der Waals surface area contributed by atoms with Crippen molar-refractivity contribution >= 4 is 39.5 Å². The van der Waals surface area contributed by atoms with Gasteiger partial charge in [-0.3, -0.25) is 24.2 Å². The second-order valence-corrected chi connectivity index (χ2v) is 17.0. The molecule has 3 saturated heterocycles. The molecule has 0 spiro atoms. The molecule has 290 valence electrons. The lowest BCUT2D eigenvalue weighted by Gasteiger charge is -2.53. The number of esters is 2. The Morgan fingerprint density at radius 3 is 2.45 bits per heavy atom. The summed E-state index contributed by atoms with van der Waals surface area (Å²) in [6.07, 6.45) is 4.59. The normalized spacial score (nSPS) is 33.4. The average molecular weight is 749 g/mol. The van der Waals surface area contributed by atoms with Gasteiger partial charge >= 0.3 is 11.9 Å². The summed E-state index contributed by atoms with van der Waals surface area (Å²) in [4.78, 5) is 53.9. The van der Waals surface area contributed by atoms with E-state index < -0.39 is 16.8 Å². The lowest BCUT2D eigenvalue weighted by molar-refractivity contribution is -0.169. The van der Waals surface area contributed by atoms with Crippen molar-refractivity contribution in [2.45, 2.75) is 63.5 Å². The Kier molecular flexibility index (Phi) is 8.60. The number of nitrogens with one attached hydrogen (secondary N) is 2. The fourth-order valence-electron chi connectivity index (χ4n) is 12.4. The van der Waals surface area contributed by atoms with Crippen LogP contribution in [0, 0.1) is 29.1 Å². The van der Waals surface area contributed by atoms with Gasteiger partial charge in [-0.25, -0.2) is 0 Å². The van der Waals surface area contributed by atoms with Gasteiger partial charge in [0, 0.05) is 101 Å². The van der Waals surface area contributed by atoms with E-state index in [1.807, 2.05) is 26.1 Å². The number of fused-ring (bicyclic) bond motifs is 9. The van der Waals surface area contributed by atoms with Gasteiger partial charge in [-0.15, -0.1) is 0 Å². The van der Waals surface area contributed by atoms with Crippen LogP contribution in [0.5, 0.6) is 5.75 Å². The predicted octanol–water partition coefficient (Wildman–Crippen LogP) is 5.24. The minimum absolute atomic E-state index is 0.134. The molecule has 4 aliphatic heterocycles. The van der Waals surface area contributed by atoms with Crippen LogP contribution < -0.4 is 4.74 Å². The molecule has 9 atom stereocenters. The molecular weight excluding hydrogens is 697 g/mol. The number of likely N-dealkylation sites (N-methyl/N-ethyl adjacent to an activating group) is 1. The number of H-pyrrole nitrogens is 2. The minimum Gasteiger partial charge on any atom is -0.496 e. The molecule has 6 heterocycles. The van der Waals surface area contributed by atoms with Crippen LogP contribution >= 0.6 is 0 Å². The first-order valence-corrected chi connectivity index (χ1v) is 19.7. The number of hydrogen-bond acceptors (Lipinski definition) is 9. The van der Waals surface area contributed by atoms with Crippen LogP contribution in [0.3, 0.4) is 0 Å². The Morgan fingerprint density at radius 1 is 0.964 bits per heavy atom. The number of rotatable bonds is 6. The third-order valence-electron chi connectivity index (χ3n) is 14.7. The maximum atomic E-state index is 14.3. The Morgan fingerprint density at radius 2 is 1.75 bits per heavy atom. The lowest BCUT2D eigenvalue weighted by atomic mass is 9.56. The number of ether oxygens (including phenoxy) is 3. The van der Waals surface area contributed by atoms with E-state index in [0.717, 1.165) is 68.4 Å². The number of ketones is 1. The molecule has 9 unspecified atom stereocenters. The topological polar surface area (TPSA) is 137 Å². The number of aromatic nitrogens is 2. The van der Waals surface area contributed by atoms with Gasteiger partial charge < -0.3 is 29.3 Å². The van der Waals surface area contributed by atoms with Crippen molar-refractivity contribution in [2.24, 2.45) is 29.1 Å². The number of carbonyl (C=O) groups is 3. The highest BCUT2D eigenvalue weighted by atomic mass is 16.5. The number of carbonyl (C=O) groups excluding carboxylic acids is 3. The lowest BCUT2D eigenvalue weighted by Crippen LogP contribution is -2.63. The summed E-state index contributed by atoms with van der Waals surface area (Å²) in [5, 5.41) is 13.6. The number of aliphatic hydroxyl groups excluding tert-OH is 1. The Hall–Kier alpha value is -4.45. The number of benzene rings is 2. The molecule has 4 aromatic rings. The maximum Gasteiger partial charge on any atom is 0.318 e. The number of piperidine rings is 1. The van der Waals surface area contributed by atoms with Crippen molar-refractivity contribution in [3.63, 3.8) is 0 Å². The molecule has 1 saturated carbocycles. The molecule has 2 aromatic heterocycles. The molecule has 11 heteroatoms. The fourth-order valence-corrected chi connectivity index (χ4v) is 12.4. The first-order valence-electron chi connectivity index (χ1n) is 19.7. The third-order valence-corrected chi connectivity index (χ3v) is 14.7. The van der Waals surface area contributed by atoms with Crippen LogP contribution in [0.15, 0.2) is 48.0 Å². The number of hydrogen-bond donors (Lipinski definition) is 3. The number of methoxy groups -OCH3 is 3.